The van der Waals surface area contributed by atoms with Crippen molar-refractivity contribution in [1.29, 1.82) is 0 Å². The fourth-order valence-electron chi connectivity index (χ4n) is 3.76. The number of nitrogens with one attached hydrogen (secondary N) is 2. The molecule has 1 fully saturated rings. The number of imidazole rings is 1. The lowest BCUT2D eigenvalue weighted by Gasteiger charge is -2.26. The van der Waals surface area contributed by atoms with E-state index in [0.29, 0.717) is 40.3 Å². The minimum absolute atomic E-state index is 0.273. The maximum atomic E-state index is 12.7. The van der Waals surface area contributed by atoms with Crippen molar-refractivity contribution in [2.24, 2.45) is 0 Å². The van der Waals surface area contributed by atoms with E-state index in [4.69, 9.17) is 27.9 Å². The van der Waals surface area contributed by atoms with Crippen LogP contribution in [0.25, 0.3) is 11.2 Å². The minimum atomic E-state index is -0.312. The summed E-state index contributed by atoms with van der Waals surface area (Å²) < 4.78 is 7.69. The average molecular weight is 465 g/mol. The predicted octanol–water partition coefficient (Wildman–Crippen LogP) is 4.06. The Morgan fingerprint density at radius 3 is 2.81 bits per heavy atom. The van der Waals surface area contributed by atoms with Gasteiger partial charge in [-0.3, -0.25) is 14.3 Å². The van der Waals surface area contributed by atoms with Gasteiger partial charge in [-0.05, 0) is 50.6 Å². The van der Waals surface area contributed by atoms with Gasteiger partial charge in [0.2, 0.25) is 5.95 Å². The highest BCUT2D eigenvalue weighted by Crippen LogP contribution is 2.23. The zero-order valence-corrected chi connectivity index (χ0v) is 18.9. The number of aromatic amines is 1. The smallest absolute Gasteiger partial charge is 0.278 e. The summed E-state index contributed by atoms with van der Waals surface area (Å²) >= 11 is 12.0. The third-order valence-electron chi connectivity index (χ3n) is 5.49. The van der Waals surface area contributed by atoms with E-state index in [1.54, 1.807) is 23.0 Å². The van der Waals surface area contributed by atoms with E-state index in [0.717, 1.165) is 25.2 Å². The quantitative estimate of drug-likeness (QED) is 0.522. The Morgan fingerprint density at radius 2 is 2.03 bits per heavy atom. The second kappa shape index (κ2) is 9.99. The van der Waals surface area contributed by atoms with Gasteiger partial charge in [0, 0.05) is 13.1 Å². The molecule has 0 bridgehead atoms. The fraction of sp³-hybridized carbons (Fsp3) is 0.476. The van der Waals surface area contributed by atoms with Crippen molar-refractivity contribution in [2.45, 2.75) is 39.0 Å². The standard InChI is InChI=1S/C21H26Cl2N6O2/c1-14(31-10-9-28-7-3-2-4-8-28)29-13-25-19-18(29)20(30)27-21(26-19)24-12-15-5-6-16(22)17(23)11-15/h5-6,11,13-14H,2-4,7-10,12H2,1H3,(H2,24,26,27,30). The summed E-state index contributed by atoms with van der Waals surface area (Å²) in [5.74, 6) is 0.340. The molecule has 1 aliphatic heterocycles. The fourth-order valence-corrected chi connectivity index (χ4v) is 4.08. The van der Waals surface area contributed by atoms with E-state index in [1.807, 2.05) is 13.0 Å². The number of rotatable bonds is 8. The molecule has 3 aromatic rings. The van der Waals surface area contributed by atoms with Gasteiger partial charge in [0.25, 0.3) is 5.56 Å². The van der Waals surface area contributed by atoms with E-state index in [1.165, 1.54) is 19.3 Å². The van der Waals surface area contributed by atoms with Crippen molar-refractivity contribution >= 4 is 40.3 Å². The van der Waals surface area contributed by atoms with Gasteiger partial charge in [0.15, 0.2) is 11.2 Å². The monoisotopic (exact) mass is 464 g/mol. The maximum absolute atomic E-state index is 12.7. The summed E-state index contributed by atoms with van der Waals surface area (Å²) in [6.07, 6.45) is 5.11. The van der Waals surface area contributed by atoms with E-state index in [-0.39, 0.29) is 11.8 Å². The molecule has 0 aliphatic carbocycles. The number of aromatic nitrogens is 4. The van der Waals surface area contributed by atoms with Crippen LogP contribution in [0.5, 0.6) is 0 Å². The lowest BCUT2D eigenvalue weighted by atomic mass is 10.1. The van der Waals surface area contributed by atoms with Crippen LogP contribution in [0.15, 0.2) is 29.3 Å². The molecule has 1 aliphatic rings. The summed E-state index contributed by atoms with van der Waals surface area (Å²) in [7, 11) is 0. The number of anilines is 1. The molecule has 2 N–H and O–H groups in total. The number of likely N-dealkylation sites (tertiary alicyclic amines) is 1. The van der Waals surface area contributed by atoms with Crippen molar-refractivity contribution in [1.82, 2.24) is 24.4 Å². The Morgan fingerprint density at radius 1 is 1.23 bits per heavy atom. The number of nitrogens with zero attached hydrogens (tertiary/aromatic N) is 4. The molecule has 31 heavy (non-hydrogen) atoms. The SMILES string of the molecule is CC(OCCN1CCCCC1)n1cnc2nc(NCc3ccc(Cl)c(Cl)c3)[nH]c(=O)c21. The largest absolute Gasteiger partial charge is 0.357 e. The van der Waals surface area contributed by atoms with Crippen LogP contribution in [0.2, 0.25) is 10.0 Å². The molecule has 1 atom stereocenters. The third kappa shape index (κ3) is 5.38. The lowest BCUT2D eigenvalue weighted by molar-refractivity contribution is 0.00471. The molecule has 1 saturated heterocycles. The van der Waals surface area contributed by atoms with E-state index < -0.39 is 0 Å². The van der Waals surface area contributed by atoms with Gasteiger partial charge in [-0.15, -0.1) is 0 Å². The van der Waals surface area contributed by atoms with Crippen LogP contribution in [0, 0.1) is 0 Å². The van der Waals surface area contributed by atoms with Gasteiger partial charge in [-0.2, -0.15) is 4.98 Å². The minimum Gasteiger partial charge on any atom is -0.357 e. The van der Waals surface area contributed by atoms with Crippen LogP contribution in [0.1, 0.15) is 38.0 Å². The summed E-state index contributed by atoms with van der Waals surface area (Å²) in [5.41, 5.74) is 1.40. The average Bonchev–Trinajstić information content (AvgIpc) is 3.20. The first-order valence-electron chi connectivity index (χ1n) is 10.5. The Bertz CT molecular complexity index is 1090. The molecular formula is C21H26Cl2N6O2. The van der Waals surface area contributed by atoms with Crippen LogP contribution < -0.4 is 10.9 Å². The highest BCUT2D eigenvalue weighted by molar-refractivity contribution is 6.42. The molecule has 0 amide bonds. The van der Waals surface area contributed by atoms with Crippen molar-refractivity contribution < 1.29 is 4.74 Å². The summed E-state index contributed by atoms with van der Waals surface area (Å²) in [5, 5.41) is 4.07. The number of hydrogen-bond acceptors (Lipinski definition) is 6. The van der Waals surface area contributed by atoms with Gasteiger partial charge in [0.05, 0.1) is 23.0 Å². The molecule has 0 saturated carbocycles. The first kappa shape index (κ1) is 22.1. The molecule has 1 aromatic carbocycles. The molecule has 3 heterocycles. The van der Waals surface area contributed by atoms with Crippen molar-refractivity contribution in [3.8, 4) is 0 Å². The maximum Gasteiger partial charge on any atom is 0.278 e. The number of benzene rings is 1. The number of fused-ring (bicyclic) bond motifs is 1. The Hall–Kier alpha value is -2.13. The first-order chi connectivity index (χ1) is 15.0. The van der Waals surface area contributed by atoms with Crippen LogP contribution in [0.3, 0.4) is 0 Å². The lowest BCUT2D eigenvalue weighted by Crippen LogP contribution is -2.33. The van der Waals surface area contributed by atoms with Crippen LogP contribution in [-0.4, -0.2) is 50.7 Å². The number of halogens is 2. The summed E-state index contributed by atoms with van der Waals surface area (Å²) in [6, 6.07) is 5.36. The Balaban J connectivity index is 1.40. The van der Waals surface area contributed by atoms with Gasteiger partial charge in [-0.1, -0.05) is 35.7 Å². The second-order valence-electron chi connectivity index (χ2n) is 7.71. The molecule has 2 aromatic heterocycles. The topological polar surface area (TPSA) is 88.1 Å². The first-order valence-corrected chi connectivity index (χ1v) is 11.3. The van der Waals surface area contributed by atoms with E-state index in [2.05, 4.69) is 25.2 Å². The number of hydrogen-bond donors (Lipinski definition) is 2. The van der Waals surface area contributed by atoms with Crippen molar-refractivity contribution in [3.63, 3.8) is 0 Å². The highest BCUT2D eigenvalue weighted by Gasteiger charge is 2.16. The van der Waals surface area contributed by atoms with Gasteiger partial charge >= 0.3 is 0 Å². The Kier molecular flexibility index (Phi) is 7.12. The van der Waals surface area contributed by atoms with Gasteiger partial charge in [0.1, 0.15) is 6.23 Å². The Labute approximate surface area is 190 Å². The molecule has 166 valence electrons. The van der Waals surface area contributed by atoms with Crippen LogP contribution >= 0.6 is 23.2 Å². The molecule has 1 unspecified atom stereocenters. The normalized spacial score (nSPS) is 16.0. The molecular weight excluding hydrogens is 439 g/mol. The third-order valence-corrected chi connectivity index (χ3v) is 6.23. The zero-order chi connectivity index (χ0) is 21.8. The molecule has 10 heteroatoms. The van der Waals surface area contributed by atoms with Crippen LogP contribution in [0.4, 0.5) is 5.95 Å². The van der Waals surface area contributed by atoms with Crippen molar-refractivity contribution in [3.05, 3.63) is 50.5 Å². The van der Waals surface area contributed by atoms with Gasteiger partial charge in [-0.25, -0.2) is 4.98 Å². The van der Waals surface area contributed by atoms with E-state index >= 15 is 0 Å². The molecule has 0 spiro atoms. The van der Waals surface area contributed by atoms with Crippen LogP contribution in [-0.2, 0) is 11.3 Å². The number of ether oxygens (including phenoxy) is 1. The summed E-state index contributed by atoms with van der Waals surface area (Å²) in [6.45, 7) is 6.11. The second-order valence-corrected chi connectivity index (χ2v) is 8.53. The summed E-state index contributed by atoms with van der Waals surface area (Å²) in [4.78, 5) is 26.6. The molecule has 4 rings (SSSR count). The van der Waals surface area contributed by atoms with E-state index in [9.17, 15) is 4.79 Å². The molecule has 0 radical (unpaired) electrons. The highest BCUT2D eigenvalue weighted by atomic mass is 35.5. The molecule has 8 nitrogen and oxygen atoms in total. The predicted molar refractivity (Wildman–Crippen MR) is 123 cm³/mol. The van der Waals surface area contributed by atoms with Gasteiger partial charge < -0.3 is 15.0 Å². The van der Waals surface area contributed by atoms with Crippen molar-refractivity contribution in [2.75, 3.05) is 31.6 Å². The number of piperidine rings is 1. The zero-order valence-electron chi connectivity index (χ0n) is 17.4. The number of H-pyrrole nitrogens is 1.